The Morgan fingerprint density at radius 3 is 2.77 bits per heavy atom. The fraction of sp³-hybridized carbons (Fsp3) is 0.394. The van der Waals surface area contributed by atoms with Crippen molar-refractivity contribution in [2.75, 3.05) is 50.3 Å². The minimum atomic E-state index is -2.53. The first-order valence-electron chi connectivity index (χ1n) is 14.7. The Morgan fingerprint density at radius 2 is 2.07 bits per heavy atom. The van der Waals surface area contributed by atoms with Gasteiger partial charge in [0.05, 0.1) is 24.5 Å². The maximum atomic E-state index is 12.8. The molecule has 1 atom stereocenters. The van der Waals surface area contributed by atoms with Crippen LogP contribution < -0.4 is 20.7 Å². The van der Waals surface area contributed by atoms with E-state index in [0.717, 1.165) is 72.5 Å². The molecule has 3 aromatic rings. The molecule has 0 amide bonds. The second-order valence-corrected chi connectivity index (χ2v) is 14.9. The van der Waals surface area contributed by atoms with E-state index in [0.29, 0.717) is 35.1 Å². The van der Waals surface area contributed by atoms with Crippen LogP contribution in [0.2, 0.25) is 5.02 Å². The summed E-state index contributed by atoms with van der Waals surface area (Å²) >= 11 is 6.45. The topological polar surface area (TPSA) is 88.6 Å². The SMILES string of the molecule is C=Cc1c(C)cc(Nc2ncc(Cl)c(Nc3ccccc3P(C)(C)=O)n2)cc1OC/C(C)=C/N(CCC)C1CCCOC1. The lowest BCUT2D eigenvalue weighted by molar-refractivity contribution is 0.0345. The van der Waals surface area contributed by atoms with Crippen LogP contribution in [-0.2, 0) is 9.30 Å². The summed E-state index contributed by atoms with van der Waals surface area (Å²) in [6.07, 6.45) is 8.88. The van der Waals surface area contributed by atoms with Crippen LogP contribution >= 0.6 is 18.7 Å². The van der Waals surface area contributed by atoms with Crippen molar-refractivity contribution in [3.8, 4) is 5.75 Å². The van der Waals surface area contributed by atoms with Crippen molar-refractivity contribution in [1.29, 1.82) is 0 Å². The number of nitrogens with zero attached hydrogens (tertiary/aromatic N) is 3. The lowest BCUT2D eigenvalue weighted by Crippen LogP contribution is -2.38. The molecule has 2 aromatic carbocycles. The fourth-order valence-corrected chi connectivity index (χ4v) is 6.44. The van der Waals surface area contributed by atoms with Crippen molar-refractivity contribution < 1.29 is 14.0 Å². The summed E-state index contributed by atoms with van der Waals surface area (Å²) in [6, 6.07) is 11.8. The van der Waals surface area contributed by atoms with Gasteiger partial charge in [-0.1, -0.05) is 43.3 Å². The van der Waals surface area contributed by atoms with Crippen LogP contribution in [0.25, 0.3) is 6.08 Å². The van der Waals surface area contributed by atoms with E-state index in [1.165, 1.54) is 6.20 Å². The highest BCUT2D eigenvalue weighted by molar-refractivity contribution is 7.70. The lowest BCUT2D eigenvalue weighted by Gasteiger charge is -2.33. The highest BCUT2D eigenvalue weighted by Gasteiger charge is 2.20. The molecule has 230 valence electrons. The summed E-state index contributed by atoms with van der Waals surface area (Å²) in [7, 11) is -2.53. The molecular formula is C33H43ClN5O3P. The van der Waals surface area contributed by atoms with E-state index in [1.54, 1.807) is 13.3 Å². The molecule has 1 saturated heterocycles. The predicted octanol–water partition coefficient (Wildman–Crippen LogP) is 7.99. The average Bonchev–Trinajstić information content (AvgIpc) is 2.97. The molecule has 1 fully saturated rings. The third kappa shape index (κ3) is 8.85. The average molecular weight is 624 g/mol. The van der Waals surface area contributed by atoms with Gasteiger partial charge in [0.2, 0.25) is 5.95 Å². The van der Waals surface area contributed by atoms with E-state index < -0.39 is 7.14 Å². The highest BCUT2D eigenvalue weighted by atomic mass is 35.5. The van der Waals surface area contributed by atoms with Gasteiger partial charge >= 0.3 is 0 Å². The van der Waals surface area contributed by atoms with Crippen LogP contribution in [0.1, 0.15) is 44.2 Å². The maximum absolute atomic E-state index is 12.8. The van der Waals surface area contributed by atoms with Gasteiger partial charge in [-0.3, -0.25) is 0 Å². The summed E-state index contributed by atoms with van der Waals surface area (Å²) in [6.45, 7) is 16.9. The Labute approximate surface area is 260 Å². The van der Waals surface area contributed by atoms with Crippen LogP contribution in [0.15, 0.2) is 60.9 Å². The van der Waals surface area contributed by atoms with Crippen molar-refractivity contribution in [3.63, 3.8) is 0 Å². The number of anilines is 4. The molecule has 4 rings (SSSR count). The van der Waals surface area contributed by atoms with E-state index in [1.807, 2.05) is 49.4 Å². The first-order chi connectivity index (χ1) is 20.6. The summed E-state index contributed by atoms with van der Waals surface area (Å²) in [5, 5.41) is 7.61. The normalized spacial score (nSPS) is 15.6. The molecule has 0 aliphatic carbocycles. The van der Waals surface area contributed by atoms with E-state index in [-0.39, 0.29) is 0 Å². The van der Waals surface area contributed by atoms with Gasteiger partial charge in [-0.05, 0) is 75.8 Å². The maximum Gasteiger partial charge on any atom is 0.229 e. The number of halogens is 1. The number of benzene rings is 2. The Hall–Kier alpha value is -3.32. The Morgan fingerprint density at radius 1 is 1.28 bits per heavy atom. The number of aromatic nitrogens is 2. The molecule has 8 nitrogen and oxygen atoms in total. The molecule has 1 unspecified atom stereocenters. The zero-order valence-corrected chi connectivity index (χ0v) is 27.5. The van der Waals surface area contributed by atoms with Crippen molar-refractivity contribution in [1.82, 2.24) is 14.9 Å². The van der Waals surface area contributed by atoms with Crippen molar-refractivity contribution in [2.45, 2.75) is 46.1 Å². The lowest BCUT2D eigenvalue weighted by atomic mass is 10.1. The molecule has 0 radical (unpaired) electrons. The van der Waals surface area contributed by atoms with E-state index in [4.69, 9.17) is 21.1 Å². The molecule has 1 aromatic heterocycles. The molecule has 0 bridgehead atoms. The molecule has 2 N–H and O–H groups in total. The van der Waals surface area contributed by atoms with Gasteiger partial charge in [0.1, 0.15) is 24.5 Å². The number of para-hydroxylation sites is 1. The standard InChI is InChI=1S/C33H43ClN5O3P/c1-7-15-39(26-12-11-16-41-22-26)20-23(3)21-42-30-18-25(17-24(4)27(30)8-2)36-33-35-19-28(34)32(38-33)37-29-13-9-10-14-31(29)43(5,6)40/h8-10,13-14,17-20,26H,2,7,11-12,15-16,21-22H2,1,3-6H3,(H2,35,36,37,38)/b23-20+. The fourth-order valence-electron chi connectivity index (χ4n) is 5.15. The van der Waals surface area contributed by atoms with Gasteiger partial charge in [0, 0.05) is 42.0 Å². The molecule has 1 aliphatic heterocycles. The van der Waals surface area contributed by atoms with E-state index in [2.05, 4.69) is 52.1 Å². The van der Waals surface area contributed by atoms with Crippen molar-refractivity contribution in [3.05, 3.63) is 77.1 Å². The van der Waals surface area contributed by atoms with Crippen LogP contribution in [0.3, 0.4) is 0 Å². The van der Waals surface area contributed by atoms with Crippen LogP contribution in [0.4, 0.5) is 23.1 Å². The van der Waals surface area contributed by atoms with Crippen molar-refractivity contribution in [2.24, 2.45) is 0 Å². The minimum absolute atomic E-state index is 0.351. The third-order valence-electron chi connectivity index (χ3n) is 7.22. The van der Waals surface area contributed by atoms with Gasteiger partial charge in [-0.25, -0.2) is 4.98 Å². The largest absolute Gasteiger partial charge is 0.488 e. The summed E-state index contributed by atoms with van der Waals surface area (Å²) in [4.78, 5) is 11.4. The Kier molecular flexibility index (Phi) is 11.3. The second kappa shape index (κ2) is 14.9. The number of hydrogen-bond acceptors (Lipinski definition) is 8. The van der Waals surface area contributed by atoms with Crippen LogP contribution in [0, 0.1) is 6.92 Å². The zero-order valence-electron chi connectivity index (χ0n) is 25.8. The minimum Gasteiger partial charge on any atom is -0.488 e. The first kappa shape index (κ1) is 32.6. The Bertz CT molecular complexity index is 1500. The predicted molar refractivity (Wildman–Crippen MR) is 180 cm³/mol. The quantitative estimate of drug-likeness (QED) is 0.185. The number of ether oxygens (including phenoxy) is 2. The molecule has 2 heterocycles. The molecule has 43 heavy (non-hydrogen) atoms. The van der Waals surface area contributed by atoms with Gasteiger partial charge in [0.15, 0.2) is 5.82 Å². The second-order valence-electron chi connectivity index (χ2n) is 11.3. The highest BCUT2D eigenvalue weighted by Crippen LogP contribution is 2.39. The molecule has 0 saturated carbocycles. The van der Waals surface area contributed by atoms with E-state index >= 15 is 0 Å². The summed E-state index contributed by atoms with van der Waals surface area (Å²) in [5.74, 6) is 1.49. The van der Waals surface area contributed by atoms with E-state index in [9.17, 15) is 4.57 Å². The number of aryl methyl sites for hydroxylation is 1. The molecule has 1 aliphatic rings. The number of hydrogen-bond donors (Lipinski definition) is 2. The van der Waals surface area contributed by atoms with Crippen LogP contribution in [-0.4, -0.2) is 60.6 Å². The van der Waals surface area contributed by atoms with Crippen LogP contribution in [0.5, 0.6) is 5.75 Å². The zero-order chi connectivity index (χ0) is 31.0. The first-order valence-corrected chi connectivity index (χ1v) is 17.7. The Balaban J connectivity index is 1.52. The summed E-state index contributed by atoms with van der Waals surface area (Å²) in [5.41, 5.74) is 4.54. The number of rotatable bonds is 13. The van der Waals surface area contributed by atoms with Gasteiger partial charge < -0.3 is 29.6 Å². The monoisotopic (exact) mass is 623 g/mol. The third-order valence-corrected chi connectivity index (χ3v) is 9.05. The summed E-state index contributed by atoms with van der Waals surface area (Å²) < 4.78 is 24.9. The smallest absolute Gasteiger partial charge is 0.229 e. The number of nitrogens with one attached hydrogen (secondary N) is 2. The van der Waals surface area contributed by atoms with Gasteiger partial charge in [-0.2, -0.15) is 4.98 Å². The molecular weight excluding hydrogens is 581 g/mol. The molecule has 0 spiro atoms. The van der Waals surface area contributed by atoms with Crippen molar-refractivity contribution >= 4 is 53.3 Å². The molecule has 10 heteroatoms. The van der Waals surface area contributed by atoms with Gasteiger partial charge in [0.25, 0.3) is 0 Å². The van der Waals surface area contributed by atoms with Gasteiger partial charge in [-0.15, -0.1) is 0 Å².